The van der Waals surface area contributed by atoms with Crippen LogP contribution in [0.3, 0.4) is 0 Å². The molecule has 3 rings (SSSR count). The molecule has 0 aromatic carbocycles. The molecule has 1 spiro atoms. The molecule has 4 heteroatoms. The lowest BCUT2D eigenvalue weighted by Gasteiger charge is -2.44. The first-order valence-electron chi connectivity index (χ1n) is 7.63. The number of amides is 1. The monoisotopic (exact) mass is 265 g/mol. The lowest BCUT2D eigenvalue weighted by molar-refractivity contribution is -0.142. The number of rotatable bonds is 2. The van der Waals surface area contributed by atoms with E-state index in [0.717, 1.165) is 25.9 Å². The van der Waals surface area contributed by atoms with Crippen LogP contribution in [0.4, 0.5) is 0 Å². The van der Waals surface area contributed by atoms with Gasteiger partial charge in [0.2, 0.25) is 5.91 Å². The zero-order valence-electron chi connectivity index (χ0n) is 11.4. The lowest BCUT2D eigenvalue weighted by atomic mass is 9.68. The Morgan fingerprint density at radius 1 is 0.947 bits per heavy atom. The summed E-state index contributed by atoms with van der Waals surface area (Å²) in [6.07, 6.45) is 9.52. The zero-order valence-corrected chi connectivity index (χ0v) is 11.4. The maximum Gasteiger partial charge on any atom is 0.307 e. The van der Waals surface area contributed by atoms with Gasteiger partial charge in [0.1, 0.15) is 0 Å². The Labute approximate surface area is 114 Å². The largest absolute Gasteiger partial charge is 0.481 e. The minimum atomic E-state index is -0.806. The number of aliphatic carboxylic acids is 1. The lowest BCUT2D eigenvalue weighted by Crippen LogP contribution is -2.44. The van der Waals surface area contributed by atoms with Gasteiger partial charge in [-0.15, -0.1) is 0 Å². The molecule has 2 aliphatic carbocycles. The van der Waals surface area contributed by atoms with Gasteiger partial charge in [0.15, 0.2) is 0 Å². The maximum atomic E-state index is 12.2. The summed E-state index contributed by atoms with van der Waals surface area (Å²) in [5.74, 6) is -1.34. The molecule has 0 radical (unpaired) electrons. The van der Waals surface area contributed by atoms with Crippen molar-refractivity contribution in [1.82, 2.24) is 4.90 Å². The molecule has 2 saturated carbocycles. The molecule has 0 aromatic rings. The van der Waals surface area contributed by atoms with Crippen LogP contribution in [0.5, 0.6) is 0 Å². The van der Waals surface area contributed by atoms with Crippen molar-refractivity contribution in [1.29, 1.82) is 0 Å². The van der Waals surface area contributed by atoms with E-state index >= 15 is 0 Å². The van der Waals surface area contributed by atoms with Gasteiger partial charge < -0.3 is 10.0 Å². The molecular formula is C15H23NO3. The summed E-state index contributed by atoms with van der Waals surface area (Å²) in [5, 5.41) is 8.90. The van der Waals surface area contributed by atoms with E-state index < -0.39 is 11.9 Å². The first kappa shape index (κ1) is 12.9. The summed E-state index contributed by atoms with van der Waals surface area (Å²) in [6.45, 7) is 1.70. The van der Waals surface area contributed by atoms with Crippen molar-refractivity contribution in [3.05, 3.63) is 0 Å². The van der Waals surface area contributed by atoms with Crippen molar-refractivity contribution in [2.45, 2.75) is 51.4 Å². The van der Waals surface area contributed by atoms with Crippen molar-refractivity contribution < 1.29 is 14.7 Å². The summed E-state index contributed by atoms with van der Waals surface area (Å²) >= 11 is 0. The molecule has 106 valence electrons. The van der Waals surface area contributed by atoms with Crippen molar-refractivity contribution in [2.75, 3.05) is 13.1 Å². The second kappa shape index (κ2) is 4.80. The molecule has 19 heavy (non-hydrogen) atoms. The Kier molecular flexibility index (Phi) is 3.27. The van der Waals surface area contributed by atoms with Gasteiger partial charge in [-0.25, -0.2) is 0 Å². The fourth-order valence-corrected chi connectivity index (χ4v) is 3.98. The van der Waals surface area contributed by atoms with Gasteiger partial charge in [-0.05, 0) is 37.5 Å². The first-order valence-corrected chi connectivity index (χ1v) is 7.63. The van der Waals surface area contributed by atoms with Gasteiger partial charge in [0, 0.05) is 13.1 Å². The quantitative estimate of drug-likeness (QED) is 0.833. The standard InChI is InChI=1S/C15H23NO3/c17-13(11-10-12(11)14(18)19)16-8-6-15(7-9-16)4-2-1-3-5-15/h11-12H,1-10H2,(H,18,19)/t11-,12+/m1/s1. The van der Waals surface area contributed by atoms with Crippen LogP contribution in [0, 0.1) is 17.3 Å². The van der Waals surface area contributed by atoms with Gasteiger partial charge in [-0.1, -0.05) is 19.3 Å². The first-order chi connectivity index (χ1) is 9.11. The Hall–Kier alpha value is -1.06. The highest BCUT2D eigenvalue weighted by molar-refractivity contribution is 5.89. The molecular weight excluding hydrogens is 242 g/mol. The SMILES string of the molecule is O=C(O)[C@H]1C[C@H]1C(=O)N1CCC2(CCCCC2)CC1. The molecule has 0 aromatic heterocycles. The zero-order chi connectivity index (χ0) is 13.5. The molecule has 1 N–H and O–H groups in total. The average Bonchev–Trinajstić information content (AvgIpc) is 3.20. The molecule has 3 fully saturated rings. The Balaban J connectivity index is 1.53. The van der Waals surface area contributed by atoms with Crippen LogP contribution >= 0.6 is 0 Å². The van der Waals surface area contributed by atoms with Crippen LogP contribution in [0.1, 0.15) is 51.4 Å². The number of carboxylic acids is 1. The fourth-order valence-electron chi connectivity index (χ4n) is 3.98. The normalized spacial score (nSPS) is 33.2. The van der Waals surface area contributed by atoms with E-state index in [4.69, 9.17) is 5.11 Å². The smallest absolute Gasteiger partial charge is 0.307 e. The molecule has 1 saturated heterocycles. The number of hydrogen-bond acceptors (Lipinski definition) is 2. The predicted octanol–water partition coefficient (Wildman–Crippen LogP) is 2.28. The average molecular weight is 265 g/mol. The summed E-state index contributed by atoms with van der Waals surface area (Å²) in [7, 11) is 0. The Morgan fingerprint density at radius 3 is 2.11 bits per heavy atom. The van der Waals surface area contributed by atoms with Crippen LogP contribution in [0.25, 0.3) is 0 Å². The third-order valence-corrected chi connectivity index (χ3v) is 5.47. The molecule has 0 bridgehead atoms. The minimum Gasteiger partial charge on any atom is -0.481 e. The maximum absolute atomic E-state index is 12.2. The number of hydrogen-bond donors (Lipinski definition) is 1. The summed E-state index contributed by atoms with van der Waals surface area (Å²) in [4.78, 5) is 25.0. The van der Waals surface area contributed by atoms with Crippen LogP contribution in [-0.2, 0) is 9.59 Å². The van der Waals surface area contributed by atoms with Gasteiger partial charge in [-0.3, -0.25) is 9.59 Å². The molecule has 1 aliphatic heterocycles. The number of nitrogens with zero attached hydrogens (tertiary/aromatic N) is 1. The van der Waals surface area contributed by atoms with Crippen LogP contribution in [0.2, 0.25) is 0 Å². The number of carbonyl (C=O) groups is 2. The van der Waals surface area contributed by atoms with E-state index in [1.165, 1.54) is 32.1 Å². The highest BCUT2D eigenvalue weighted by Gasteiger charge is 2.50. The molecule has 4 nitrogen and oxygen atoms in total. The number of piperidine rings is 1. The van der Waals surface area contributed by atoms with Crippen molar-refractivity contribution >= 4 is 11.9 Å². The van der Waals surface area contributed by atoms with Gasteiger partial charge >= 0.3 is 5.97 Å². The minimum absolute atomic E-state index is 0.0954. The summed E-state index contributed by atoms with van der Waals surface area (Å²) in [6, 6.07) is 0. The second-order valence-corrected chi connectivity index (χ2v) is 6.67. The summed E-state index contributed by atoms with van der Waals surface area (Å²) in [5.41, 5.74) is 0.505. The third-order valence-electron chi connectivity index (χ3n) is 5.47. The predicted molar refractivity (Wildman–Crippen MR) is 70.6 cm³/mol. The van der Waals surface area contributed by atoms with Crippen LogP contribution < -0.4 is 0 Å². The number of likely N-dealkylation sites (tertiary alicyclic amines) is 1. The number of carboxylic acid groups (broad SMARTS) is 1. The Bertz CT molecular complexity index is 377. The van der Waals surface area contributed by atoms with E-state index in [-0.39, 0.29) is 11.8 Å². The topological polar surface area (TPSA) is 57.6 Å². The molecule has 1 heterocycles. The van der Waals surface area contributed by atoms with Crippen molar-refractivity contribution in [3.8, 4) is 0 Å². The van der Waals surface area contributed by atoms with Crippen LogP contribution in [0.15, 0.2) is 0 Å². The molecule has 3 aliphatic rings. The van der Waals surface area contributed by atoms with E-state index in [9.17, 15) is 9.59 Å². The van der Waals surface area contributed by atoms with Gasteiger partial charge in [0.05, 0.1) is 11.8 Å². The van der Waals surface area contributed by atoms with E-state index in [0.29, 0.717) is 11.8 Å². The molecule has 2 atom stereocenters. The van der Waals surface area contributed by atoms with E-state index in [1.54, 1.807) is 0 Å². The van der Waals surface area contributed by atoms with Gasteiger partial charge in [0.25, 0.3) is 0 Å². The van der Waals surface area contributed by atoms with Crippen LogP contribution in [-0.4, -0.2) is 35.0 Å². The molecule has 0 unspecified atom stereocenters. The Morgan fingerprint density at radius 2 is 1.58 bits per heavy atom. The summed E-state index contributed by atoms with van der Waals surface area (Å²) < 4.78 is 0. The fraction of sp³-hybridized carbons (Fsp3) is 0.867. The highest BCUT2D eigenvalue weighted by Crippen LogP contribution is 2.46. The van der Waals surface area contributed by atoms with E-state index in [1.807, 2.05) is 4.90 Å². The van der Waals surface area contributed by atoms with E-state index in [2.05, 4.69) is 0 Å². The third kappa shape index (κ3) is 2.49. The van der Waals surface area contributed by atoms with Crippen molar-refractivity contribution in [2.24, 2.45) is 17.3 Å². The second-order valence-electron chi connectivity index (χ2n) is 6.67. The highest BCUT2D eigenvalue weighted by atomic mass is 16.4. The molecule has 1 amide bonds. The van der Waals surface area contributed by atoms with Crippen molar-refractivity contribution in [3.63, 3.8) is 0 Å². The number of carbonyl (C=O) groups excluding carboxylic acids is 1. The van der Waals surface area contributed by atoms with Gasteiger partial charge in [-0.2, -0.15) is 0 Å².